The molecule has 0 amide bonds. The van der Waals surface area contributed by atoms with Gasteiger partial charge in [0.1, 0.15) is 11.6 Å². The Morgan fingerprint density at radius 3 is 1.94 bits per heavy atom. The second-order valence-electron chi connectivity index (χ2n) is 9.43. The first kappa shape index (κ1) is 24.1. The molecule has 1 aliphatic carbocycles. The Hall–Kier alpha value is -3.07. The predicted octanol–water partition coefficient (Wildman–Crippen LogP) is 9.60. The number of hydrogen-bond acceptors (Lipinski definition) is 0. The van der Waals surface area contributed by atoms with E-state index in [2.05, 4.69) is 31.2 Å². The van der Waals surface area contributed by atoms with Gasteiger partial charge in [-0.15, -0.1) is 0 Å². The van der Waals surface area contributed by atoms with Crippen LogP contribution in [0.3, 0.4) is 0 Å². The van der Waals surface area contributed by atoms with Gasteiger partial charge in [-0.2, -0.15) is 0 Å². The zero-order chi connectivity index (χ0) is 23.9. The lowest BCUT2D eigenvalue weighted by molar-refractivity contribution is 0.254. The highest BCUT2D eigenvalue weighted by Gasteiger charge is 2.28. The van der Waals surface area contributed by atoms with Crippen LogP contribution in [0, 0.1) is 17.7 Å². The standard InChI is InChI=1S/C31H31F3/c1-22(26-5-3-2-4-6-26)21-25-11-17-28(18-12-25)31(34)30(33)27-15-9-23(10-16-27)7-8-24-13-19-29(32)20-14-24/h2-10,13-16,19-20,22,25,28H,11-12,17-18,21H2,1H3/b8-7+,31-30-. The van der Waals surface area contributed by atoms with Gasteiger partial charge < -0.3 is 0 Å². The summed E-state index contributed by atoms with van der Waals surface area (Å²) in [4.78, 5) is 0. The number of halogens is 3. The van der Waals surface area contributed by atoms with Crippen molar-refractivity contribution < 1.29 is 13.2 Å². The normalized spacial score (nSPS) is 20.2. The monoisotopic (exact) mass is 460 g/mol. The summed E-state index contributed by atoms with van der Waals surface area (Å²) in [7, 11) is 0. The third kappa shape index (κ3) is 6.28. The van der Waals surface area contributed by atoms with Crippen LogP contribution in [0.2, 0.25) is 0 Å². The van der Waals surface area contributed by atoms with Gasteiger partial charge in [0.2, 0.25) is 0 Å². The Bertz CT molecular complexity index is 1100. The van der Waals surface area contributed by atoms with E-state index in [1.54, 1.807) is 36.4 Å². The van der Waals surface area contributed by atoms with Crippen molar-refractivity contribution in [1.82, 2.24) is 0 Å². The van der Waals surface area contributed by atoms with E-state index in [1.165, 1.54) is 17.7 Å². The minimum absolute atomic E-state index is 0.274. The van der Waals surface area contributed by atoms with E-state index in [-0.39, 0.29) is 17.3 Å². The van der Waals surface area contributed by atoms with Gasteiger partial charge >= 0.3 is 0 Å². The van der Waals surface area contributed by atoms with Crippen LogP contribution in [0.15, 0.2) is 84.7 Å². The van der Waals surface area contributed by atoms with Crippen LogP contribution in [-0.2, 0) is 0 Å². The van der Waals surface area contributed by atoms with Crippen LogP contribution in [0.5, 0.6) is 0 Å². The van der Waals surface area contributed by atoms with Crippen molar-refractivity contribution in [2.24, 2.45) is 11.8 Å². The van der Waals surface area contributed by atoms with Gasteiger partial charge in [-0.3, -0.25) is 0 Å². The van der Waals surface area contributed by atoms with Crippen LogP contribution in [0.4, 0.5) is 13.2 Å². The van der Waals surface area contributed by atoms with E-state index in [4.69, 9.17) is 0 Å². The maximum Gasteiger partial charge on any atom is 0.162 e. The summed E-state index contributed by atoms with van der Waals surface area (Å²) in [5, 5.41) is 0. The smallest absolute Gasteiger partial charge is 0.162 e. The molecule has 0 spiro atoms. The molecule has 3 heteroatoms. The quantitative estimate of drug-likeness (QED) is 0.308. The molecule has 0 nitrogen and oxygen atoms in total. The molecule has 4 rings (SSSR count). The van der Waals surface area contributed by atoms with Crippen molar-refractivity contribution in [2.75, 3.05) is 0 Å². The Morgan fingerprint density at radius 1 is 0.794 bits per heavy atom. The highest BCUT2D eigenvalue weighted by atomic mass is 19.2. The molecular weight excluding hydrogens is 429 g/mol. The fraction of sp³-hybridized carbons (Fsp3) is 0.290. The first-order valence-corrected chi connectivity index (χ1v) is 12.1. The molecule has 0 bridgehead atoms. The third-order valence-electron chi connectivity index (χ3n) is 6.97. The fourth-order valence-corrected chi connectivity index (χ4v) is 4.89. The molecule has 34 heavy (non-hydrogen) atoms. The predicted molar refractivity (Wildman–Crippen MR) is 136 cm³/mol. The zero-order valence-electron chi connectivity index (χ0n) is 19.6. The van der Waals surface area contributed by atoms with Crippen molar-refractivity contribution >= 4 is 18.0 Å². The van der Waals surface area contributed by atoms with Crippen molar-refractivity contribution in [2.45, 2.75) is 44.9 Å². The number of allylic oxidation sites excluding steroid dienone is 1. The van der Waals surface area contributed by atoms with Gasteiger partial charge in [-0.05, 0) is 72.8 Å². The van der Waals surface area contributed by atoms with Crippen LogP contribution in [-0.4, -0.2) is 0 Å². The molecular formula is C31H31F3. The summed E-state index contributed by atoms with van der Waals surface area (Å²) in [5.41, 5.74) is 3.36. The molecule has 0 aliphatic heterocycles. The molecule has 3 aromatic carbocycles. The van der Waals surface area contributed by atoms with E-state index >= 15 is 0 Å². The molecule has 3 aromatic rings. The second-order valence-corrected chi connectivity index (χ2v) is 9.43. The maximum atomic E-state index is 15.0. The summed E-state index contributed by atoms with van der Waals surface area (Å²) in [6.07, 6.45) is 8.10. The largest absolute Gasteiger partial charge is 0.208 e. The molecule has 1 aliphatic rings. The first-order valence-electron chi connectivity index (χ1n) is 12.1. The van der Waals surface area contributed by atoms with Crippen molar-refractivity contribution in [3.8, 4) is 0 Å². The third-order valence-corrected chi connectivity index (χ3v) is 6.97. The van der Waals surface area contributed by atoms with Crippen LogP contribution in [0.1, 0.15) is 67.2 Å². The van der Waals surface area contributed by atoms with Crippen LogP contribution in [0.25, 0.3) is 18.0 Å². The van der Waals surface area contributed by atoms with E-state index < -0.39 is 11.7 Å². The van der Waals surface area contributed by atoms with Crippen LogP contribution < -0.4 is 0 Å². The fourth-order valence-electron chi connectivity index (χ4n) is 4.89. The lowest BCUT2D eigenvalue weighted by Crippen LogP contribution is -2.17. The van der Waals surface area contributed by atoms with E-state index in [1.807, 2.05) is 18.2 Å². The van der Waals surface area contributed by atoms with Crippen molar-refractivity contribution in [3.05, 3.63) is 113 Å². The number of rotatable bonds is 7. The van der Waals surface area contributed by atoms with Gasteiger partial charge in [-0.25, -0.2) is 13.2 Å². The molecule has 0 aromatic heterocycles. The molecule has 0 radical (unpaired) electrons. The minimum Gasteiger partial charge on any atom is -0.208 e. The number of hydrogen-bond donors (Lipinski definition) is 0. The summed E-state index contributed by atoms with van der Waals surface area (Å²) >= 11 is 0. The molecule has 1 atom stereocenters. The molecule has 1 saturated carbocycles. The Labute approximate surface area is 200 Å². The van der Waals surface area contributed by atoms with Gasteiger partial charge in [0.15, 0.2) is 5.83 Å². The van der Waals surface area contributed by atoms with Gasteiger partial charge in [-0.1, -0.05) is 85.8 Å². The Balaban J connectivity index is 1.33. The minimum atomic E-state index is -0.741. The van der Waals surface area contributed by atoms with Gasteiger partial charge in [0.05, 0.1) is 0 Å². The molecule has 0 saturated heterocycles. The number of benzene rings is 3. The summed E-state index contributed by atoms with van der Waals surface area (Å²) in [6, 6.07) is 23.5. The van der Waals surface area contributed by atoms with Crippen molar-refractivity contribution in [3.63, 3.8) is 0 Å². The highest BCUT2D eigenvalue weighted by molar-refractivity contribution is 5.71. The summed E-state index contributed by atoms with van der Waals surface area (Å²) < 4.78 is 42.9. The average molecular weight is 461 g/mol. The van der Waals surface area contributed by atoms with Gasteiger partial charge in [0.25, 0.3) is 0 Å². The van der Waals surface area contributed by atoms with Gasteiger partial charge in [0, 0.05) is 11.5 Å². The molecule has 0 N–H and O–H groups in total. The average Bonchev–Trinajstić information content (AvgIpc) is 2.89. The second kappa shape index (κ2) is 11.4. The summed E-state index contributed by atoms with van der Waals surface area (Å²) in [6.45, 7) is 2.25. The molecule has 0 heterocycles. The zero-order valence-corrected chi connectivity index (χ0v) is 19.6. The topological polar surface area (TPSA) is 0 Å². The van der Waals surface area contributed by atoms with Crippen molar-refractivity contribution in [1.29, 1.82) is 0 Å². The van der Waals surface area contributed by atoms with E-state index in [0.29, 0.717) is 24.7 Å². The van der Waals surface area contributed by atoms with Crippen LogP contribution >= 0.6 is 0 Å². The van der Waals surface area contributed by atoms with E-state index in [9.17, 15) is 13.2 Å². The maximum absolute atomic E-state index is 15.0. The molecule has 1 fully saturated rings. The SMILES string of the molecule is CC(CC1CCC(/C(F)=C(/F)c2ccc(/C=C/c3ccc(F)cc3)cc2)CC1)c1ccccc1. The lowest BCUT2D eigenvalue weighted by atomic mass is 9.76. The van der Waals surface area contributed by atoms with E-state index in [0.717, 1.165) is 30.4 Å². The lowest BCUT2D eigenvalue weighted by Gasteiger charge is -2.29. The highest BCUT2D eigenvalue weighted by Crippen LogP contribution is 2.40. The molecule has 1 unspecified atom stereocenters. The Morgan fingerprint density at radius 2 is 1.35 bits per heavy atom. The Kier molecular flexibility index (Phi) is 8.05. The molecule has 176 valence electrons. The first-order chi connectivity index (χ1) is 16.5. The summed E-state index contributed by atoms with van der Waals surface area (Å²) in [5.74, 6) is -0.910.